The van der Waals surface area contributed by atoms with E-state index >= 15 is 0 Å². The van der Waals surface area contributed by atoms with Crippen LogP contribution in [-0.4, -0.2) is 54.0 Å². The van der Waals surface area contributed by atoms with Gasteiger partial charge < -0.3 is 15.6 Å². The molecule has 90 valence electrons. The van der Waals surface area contributed by atoms with Crippen molar-refractivity contribution < 1.29 is 9.84 Å². The van der Waals surface area contributed by atoms with Gasteiger partial charge in [-0.3, -0.25) is 4.90 Å². The van der Waals surface area contributed by atoms with Gasteiger partial charge >= 0.3 is 0 Å². The predicted octanol–water partition coefficient (Wildman–Crippen LogP) is 0.195. The van der Waals surface area contributed by atoms with Gasteiger partial charge in [0.1, 0.15) is 0 Å². The minimum atomic E-state index is -0.587. The number of nitrogens with zero attached hydrogens (tertiary/aromatic N) is 1. The average Bonchev–Trinajstić information content (AvgIpc) is 2.15. The smallest absolute Gasteiger partial charge is 0.0824 e. The molecule has 1 aliphatic heterocycles. The van der Waals surface area contributed by atoms with E-state index in [1.54, 1.807) is 0 Å². The number of morpholine rings is 1. The van der Waals surface area contributed by atoms with E-state index in [1.165, 1.54) is 0 Å². The van der Waals surface area contributed by atoms with E-state index in [0.29, 0.717) is 12.6 Å². The molecule has 0 aliphatic carbocycles. The Hall–Kier alpha value is -0.160. The molecule has 2 unspecified atom stereocenters. The van der Waals surface area contributed by atoms with E-state index in [9.17, 15) is 5.11 Å². The van der Waals surface area contributed by atoms with Gasteiger partial charge in [-0.2, -0.15) is 0 Å². The fourth-order valence-corrected chi connectivity index (χ4v) is 1.75. The molecule has 1 rings (SSSR count). The molecule has 4 heteroatoms. The second kappa shape index (κ2) is 5.25. The lowest BCUT2D eigenvalue weighted by atomic mass is 10.0. The van der Waals surface area contributed by atoms with Crippen molar-refractivity contribution in [1.82, 2.24) is 4.90 Å². The summed E-state index contributed by atoms with van der Waals surface area (Å²) in [6.45, 7) is 8.95. The summed E-state index contributed by atoms with van der Waals surface area (Å²) >= 11 is 0. The lowest BCUT2D eigenvalue weighted by Gasteiger charge is -2.38. The van der Waals surface area contributed by atoms with E-state index in [4.69, 9.17) is 10.5 Å². The third-order valence-corrected chi connectivity index (χ3v) is 2.91. The van der Waals surface area contributed by atoms with Crippen LogP contribution in [0.15, 0.2) is 0 Å². The van der Waals surface area contributed by atoms with Crippen molar-refractivity contribution in [2.45, 2.75) is 44.9 Å². The van der Waals surface area contributed by atoms with Gasteiger partial charge in [-0.25, -0.2) is 0 Å². The molecule has 0 spiro atoms. The molecule has 0 aromatic rings. The van der Waals surface area contributed by atoms with E-state index in [1.807, 2.05) is 13.8 Å². The molecule has 1 saturated heterocycles. The van der Waals surface area contributed by atoms with Crippen LogP contribution in [0.1, 0.15) is 27.2 Å². The molecule has 4 nitrogen and oxygen atoms in total. The Morgan fingerprint density at radius 3 is 2.73 bits per heavy atom. The number of rotatable bonds is 4. The lowest BCUT2D eigenvalue weighted by Crippen LogP contribution is -2.51. The molecule has 0 aromatic carbocycles. The highest BCUT2D eigenvalue weighted by Crippen LogP contribution is 2.15. The summed E-state index contributed by atoms with van der Waals surface area (Å²) in [6.07, 6.45) is 0.942. The topological polar surface area (TPSA) is 58.7 Å². The first-order chi connectivity index (χ1) is 6.92. The van der Waals surface area contributed by atoms with Gasteiger partial charge in [-0.15, -0.1) is 0 Å². The zero-order valence-corrected chi connectivity index (χ0v) is 10.1. The van der Waals surface area contributed by atoms with E-state index in [0.717, 1.165) is 26.1 Å². The molecular formula is C11H24N2O2. The van der Waals surface area contributed by atoms with Crippen LogP contribution >= 0.6 is 0 Å². The Morgan fingerprint density at radius 1 is 1.53 bits per heavy atom. The Morgan fingerprint density at radius 2 is 2.20 bits per heavy atom. The Kier molecular flexibility index (Phi) is 4.52. The van der Waals surface area contributed by atoms with Crippen molar-refractivity contribution in [3.8, 4) is 0 Å². The largest absolute Gasteiger partial charge is 0.390 e. The molecule has 0 saturated carbocycles. The van der Waals surface area contributed by atoms with Gasteiger partial charge in [-0.1, -0.05) is 0 Å². The molecule has 3 N–H and O–H groups in total. The highest BCUT2D eigenvalue weighted by atomic mass is 16.5. The van der Waals surface area contributed by atoms with Gasteiger partial charge in [0.15, 0.2) is 0 Å². The average molecular weight is 216 g/mol. The standard InChI is InChI=1S/C11H24N2O2/c1-9-8-15-10(6-12)7-13(9)5-4-11(2,3)14/h9-10,14H,4-8,12H2,1-3H3. The van der Waals surface area contributed by atoms with Crippen LogP contribution in [0, 0.1) is 0 Å². The molecule has 15 heavy (non-hydrogen) atoms. The molecule has 1 aliphatic rings. The number of nitrogens with two attached hydrogens (primary N) is 1. The quantitative estimate of drug-likeness (QED) is 0.704. The van der Waals surface area contributed by atoms with Crippen LogP contribution < -0.4 is 5.73 Å². The first-order valence-corrected chi connectivity index (χ1v) is 5.70. The maximum absolute atomic E-state index is 9.68. The van der Waals surface area contributed by atoms with Gasteiger partial charge in [-0.05, 0) is 27.2 Å². The van der Waals surface area contributed by atoms with Crippen LogP contribution in [0.3, 0.4) is 0 Å². The SMILES string of the molecule is CC1COC(CN)CN1CCC(C)(C)O. The van der Waals surface area contributed by atoms with Crippen molar-refractivity contribution >= 4 is 0 Å². The molecule has 0 radical (unpaired) electrons. The zero-order valence-electron chi connectivity index (χ0n) is 10.1. The summed E-state index contributed by atoms with van der Waals surface area (Å²) < 4.78 is 5.57. The van der Waals surface area contributed by atoms with Crippen LogP contribution in [0.5, 0.6) is 0 Å². The molecule has 0 aromatic heterocycles. The van der Waals surface area contributed by atoms with Gasteiger partial charge in [0, 0.05) is 25.7 Å². The van der Waals surface area contributed by atoms with Crippen LogP contribution in [0.4, 0.5) is 0 Å². The zero-order chi connectivity index (χ0) is 11.5. The molecule has 1 fully saturated rings. The van der Waals surface area contributed by atoms with Crippen molar-refractivity contribution in [3.63, 3.8) is 0 Å². The Bertz CT molecular complexity index is 192. The summed E-state index contributed by atoms with van der Waals surface area (Å²) in [5.74, 6) is 0. The van der Waals surface area contributed by atoms with E-state index < -0.39 is 5.60 Å². The molecule has 2 atom stereocenters. The first kappa shape index (κ1) is 12.9. The maximum atomic E-state index is 9.68. The highest BCUT2D eigenvalue weighted by Gasteiger charge is 2.26. The summed E-state index contributed by atoms with van der Waals surface area (Å²) in [6, 6.07) is 0.426. The second-order valence-corrected chi connectivity index (χ2v) is 5.10. The van der Waals surface area contributed by atoms with E-state index in [2.05, 4.69) is 11.8 Å². The fraction of sp³-hybridized carbons (Fsp3) is 1.00. The minimum absolute atomic E-state index is 0.156. The third kappa shape index (κ3) is 4.47. The lowest BCUT2D eigenvalue weighted by molar-refractivity contribution is -0.0606. The predicted molar refractivity (Wildman–Crippen MR) is 60.7 cm³/mol. The van der Waals surface area contributed by atoms with Crippen molar-refractivity contribution in [1.29, 1.82) is 0 Å². The molecular weight excluding hydrogens is 192 g/mol. The monoisotopic (exact) mass is 216 g/mol. The van der Waals surface area contributed by atoms with Gasteiger partial charge in [0.05, 0.1) is 18.3 Å². The van der Waals surface area contributed by atoms with Crippen molar-refractivity contribution in [2.24, 2.45) is 5.73 Å². The van der Waals surface area contributed by atoms with Crippen molar-refractivity contribution in [2.75, 3.05) is 26.2 Å². The van der Waals surface area contributed by atoms with Crippen LogP contribution in [0.2, 0.25) is 0 Å². The number of hydrogen-bond acceptors (Lipinski definition) is 4. The molecule has 1 heterocycles. The summed E-state index contributed by atoms with van der Waals surface area (Å²) in [4.78, 5) is 2.35. The van der Waals surface area contributed by atoms with Gasteiger partial charge in [0.2, 0.25) is 0 Å². The fourth-order valence-electron chi connectivity index (χ4n) is 1.75. The Labute approximate surface area is 92.4 Å². The highest BCUT2D eigenvalue weighted by molar-refractivity contribution is 4.79. The Balaban J connectivity index is 2.38. The number of hydrogen-bond donors (Lipinski definition) is 2. The minimum Gasteiger partial charge on any atom is -0.390 e. The summed E-state index contributed by atoms with van der Waals surface area (Å²) in [5, 5.41) is 9.68. The maximum Gasteiger partial charge on any atom is 0.0824 e. The normalized spacial score (nSPS) is 29.4. The van der Waals surface area contributed by atoms with Gasteiger partial charge in [0.25, 0.3) is 0 Å². The molecule has 0 bridgehead atoms. The first-order valence-electron chi connectivity index (χ1n) is 5.70. The molecule has 0 amide bonds. The summed E-state index contributed by atoms with van der Waals surface area (Å²) in [5.41, 5.74) is 5.00. The van der Waals surface area contributed by atoms with Crippen LogP contribution in [0.25, 0.3) is 0 Å². The third-order valence-electron chi connectivity index (χ3n) is 2.91. The second-order valence-electron chi connectivity index (χ2n) is 5.10. The van der Waals surface area contributed by atoms with E-state index in [-0.39, 0.29) is 6.10 Å². The number of aliphatic hydroxyl groups is 1. The van der Waals surface area contributed by atoms with Crippen molar-refractivity contribution in [3.05, 3.63) is 0 Å². The van der Waals surface area contributed by atoms with Crippen LogP contribution in [-0.2, 0) is 4.74 Å². The summed E-state index contributed by atoms with van der Waals surface area (Å²) in [7, 11) is 0. The number of ether oxygens (including phenoxy) is 1.